The number of anilines is 1. The molecule has 3 aromatic rings. The fourth-order valence-electron chi connectivity index (χ4n) is 3.54. The normalized spacial score (nSPS) is 14.3. The molecule has 1 saturated heterocycles. The largest absolute Gasteiger partial charge is 0.465 e. The van der Waals surface area contributed by atoms with E-state index in [4.69, 9.17) is 5.11 Å². The summed E-state index contributed by atoms with van der Waals surface area (Å²) in [6.07, 6.45) is -4.07. The van der Waals surface area contributed by atoms with Gasteiger partial charge in [0.05, 0.1) is 5.52 Å². The number of piperazine rings is 1. The first-order chi connectivity index (χ1) is 16.1. The van der Waals surface area contributed by atoms with Crippen LogP contribution >= 0.6 is 0 Å². The summed E-state index contributed by atoms with van der Waals surface area (Å²) in [5.41, 5.74) is -0.656. The number of fused-ring (bicyclic) bond motifs is 1. The summed E-state index contributed by atoms with van der Waals surface area (Å²) in [4.78, 5) is 42.1. The number of carbonyl (C=O) groups is 3. The van der Waals surface area contributed by atoms with Crippen LogP contribution in [-0.2, 0) is 17.5 Å². The van der Waals surface area contributed by atoms with E-state index in [1.54, 1.807) is 23.2 Å². The Labute approximate surface area is 190 Å². The van der Waals surface area contributed by atoms with E-state index in [2.05, 4.69) is 15.4 Å². The lowest BCUT2D eigenvalue weighted by molar-refractivity contribution is -0.141. The first-order valence-corrected chi connectivity index (χ1v) is 10.2. The summed E-state index contributed by atoms with van der Waals surface area (Å²) in [5, 5.41) is 16.4. The van der Waals surface area contributed by atoms with Crippen LogP contribution < -0.4 is 5.32 Å². The lowest BCUT2D eigenvalue weighted by atomic mass is 10.2. The van der Waals surface area contributed by atoms with Gasteiger partial charge in [-0.25, -0.2) is 9.78 Å². The number of hydrogen-bond donors (Lipinski definition) is 2. The van der Waals surface area contributed by atoms with Crippen LogP contribution in [0.1, 0.15) is 16.2 Å². The molecule has 1 aromatic carbocycles. The minimum atomic E-state index is -4.66. The number of nitrogens with one attached hydrogen (secondary N) is 1. The van der Waals surface area contributed by atoms with Gasteiger partial charge in [0.1, 0.15) is 17.9 Å². The van der Waals surface area contributed by atoms with E-state index < -0.39 is 23.9 Å². The van der Waals surface area contributed by atoms with Crippen molar-refractivity contribution in [3.8, 4) is 0 Å². The number of carboxylic acid groups (broad SMARTS) is 1. The number of alkyl halides is 3. The molecule has 3 amide bonds. The van der Waals surface area contributed by atoms with Crippen LogP contribution in [0.3, 0.4) is 0 Å². The molecule has 0 spiro atoms. The van der Waals surface area contributed by atoms with Gasteiger partial charge in [-0.05, 0) is 30.3 Å². The van der Waals surface area contributed by atoms with Crippen LogP contribution in [0.4, 0.5) is 23.7 Å². The summed E-state index contributed by atoms with van der Waals surface area (Å²) in [6, 6.07) is 7.81. The van der Waals surface area contributed by atoms with Crippen LogP contribution in [0, 0.1) is 0 Å². The predicted molar refractivity (Wildman–Crippen MR) is 113 cm³/mol. The van der Waals surface area contributed by atoms with E-state index in [0.29, 0.717) is 29.7 Å². The van der Waals surface area contributed by atoms with Crippen LogP contribution in [0.25, 0.3) is 10.9 Å². The number of carbonyl (C=O) groups excluding carboxylic acids is 2. The monoisotopic (exact) mass is 476 g/mol. The third kappa shape index (κ3) is 5.08. The Balaban J connectivity index is 1.42. The molecule has 34 heavy (non-hydrogen) atoms. The average Bonchev–Trinajstić information content (AvgIpc) is 3.20. The second-order valence-electron chi connectivity index (χ2n) is 7.61. The SMILES string of the molecule is O=C(Nc1ccc2nn(CC(=O)N3CCN(C(=O)O)CC3)cc2c1)c1cccc(C(F)(F)F)n1. The zero-order valence-electron chi connectivity index (χ0n) is 17.6. The van der Waals surface area contributed by atoms with Gasteiger partial charge in [-0.3, -0.25) is 14.3 Å². The van der Waals surface area contributed by atoms with E-state index in [0.717, 1.165) is 12.1 Å². The standard InChI is InChI=1S/C21H19F3N6O4/c22-21(23,24)17-3-1-2-16(26-17)19(32)25-14-4-5-15-13(10-14)11-30(27-15)12-18(31)28-6-8-29(9-7-28)20(33)34/h1-5,10-11H,6-9,12H2,(H,25,32)(H,33,34). The minimum absolute atomic E-state index is 0.0440. The smallest absolute Gasteiger partial charge is 0.433 e. The van der Waals surface area contributed by atoms with Crippen LogP contribution in [-0.4, -0.2) is 73.8 Å². The van der Waals surface area contributed by atoms with Crippen molar-refractivity contribution < 1.29 is 32.7 Å². The van der Waals surface area contributed by atoms with Crippen LogP contribution in [0.5, 0.6) is 0 Å². The number of aromatic nitrogens is 3. The third-order valence-corrected chi connectivity index (χ3v) is 5.28. The Morgan fingerprint density at radius 1 is 1.03 bits per heavy atom. The number of halogens is 3. The minimum Gasteiger partial charge on any atom is -0.465 e. The average molecular weight is 476 g/mol. The Morgan fingerprint density at radius 3 is 2.41 bits per heavy atom. The van der Waals surface area contributed by atoms with Gasteiger partial charge in [0, 0.05) is 43.4 Å². The second-order valence-corrected chi connectivity index (χ2v) is 7.61. The zero-order chi connectivity index (χ0) is 24.5. The maximum absolute atomic E-state index is 12.8. The Hall–Kier alpha value is -4.16. The number of amides is 3. The fraction of sp³-hybridized carbons (Fsp3) is 0.286. The molecular weight excluding hydrogens is 457 g/mol. The molecule has 0 atom stereocenters. The Kier molecular flexibility index (Phi) is 6.09. The van der Waals surface area contributed by atoms with Gasteiger partial charge in [0.25, 0.3) is 5.91 Å². The summed E-state index contributed by atoms with van der Waals surface area (Å²) in [5.74, 6) is -1.00. The highest BCUT2D eigenvalue weighted by Crippen LogP contribution is 2.27. The number of rotatable bonds is 4. The van der Waals surface area contributed by atoms with Gasteiger partial charge in [-0.15, -0.1) is 0 Å². The van der Waals surface area contributed by atoms with Crippen molar-refractivity contribution in [3.05, 3.63) is 54.0 Å². The van der Waals surface area contributed by atoms with E-state index >= 15 is 0 Å². The Bertz CT molecular complexity index is 1250. The zero-order valence-corrected chi connectivity index (χ0v) is 17.6. The summed E-state index contributed by atoms with van der Waals surface area (Å²) in [6.45, 7) is 1.03. The summed E-state index contributed by atoms with van der Waals surface area (Å²) in [7, 11) is 0. The second kappa shape index (κ2) is 9.00. The molecule has 1 fully saturated rings. The third-order valence-electron chi connectivity index (χ3n) is 5.28. The fourth-order valence-corrected chi connectivity index (χ4v) is 3.54. The molecule has 1 aliphatic rings. The van der Waals surface area contributed by atoms with Gasteiger partial charge in [0.2, 0.25) is 5.91 Å². The van der Waals surface area contributed by atoms with Gasteiger partial charge in [-0.2, -0.15) is 18.3 Å². The van der Waals surface area contributed by atoms with Crippen molar-refractivity contribution in [2.75, 3.05) is 31.5 Å². The lowest BCUT2D eigenvalue weighted by Crippen LogP contribution is -2.51. The highest BCUT2D eigenvalue weighted by atomic mass is 19.4. The molecule has 10 nitrogen and oxygen atoms in total. The van der Waals surface area contributed by atoms with Gasteiger partial charge in [-0.1, -0.05) is 6.07 Å². The van der Waals surface area contributed by atoms with Crippen LogP contribution in [0.15, 0.2) is 42.6 Å². The van der Waals surface area contributed by atoms with Crippen molar-refractivity contribution >= 4 is 34.5 Å². The predicted octanol–water partition coefficient (Wildman–Crippen LogP) is 2.52. The quantitative estimate of drug-likeness (QED) is 0.597. The van der Waals surface area contributed by atoms with Crippen molar-refractivity contribution in [1.82, 2.24) is 24.6 Å². The van der Waals surface area contributed by atoms with Crippen molar-refractivity contribution in [2.45, 2.75) is 12.7 Å². The molecular formula is C21H19F3N6O4. The van der Waals surface area contributed by atoms with E-state index in [9.17, 15) is 27.6 Å². The number of pyridine rings is 1. The molecule has 4 rings (SSSR count). The topological polar surface area (TPSA) is 121 Å². The molecule has 3 heterocycles. The number of hydrogen-bond acceptors (Lipinski definition) is 5. The molecule has 1 aliphatic heterocycles. The molecule has 0 unspecified atom stereocenters. The van der Waals surface area contributed by atoms with E-state index in [-0.39, 0.29) is 31.2 Å². The first-order valence-electron chi connectivity index (χ1n) is 10.2. The van der Waals surface area contributed by atoms with Gasteiger partial charge in [0.15, 0.2) is 0 Å². The van der Waals surface area contributed by atoms with Gasteiger partial charge >= 0.3 is 12.3 Å². The van der Waals surface area contributed by atoms with Crippen molar-refractivity contribution in [1.29, 1.82) is 0 Å². The van der Waals surface area contributed by atoms with E-state index in [1.807, 2.05) is 0 Å². The van der Waals surface area contributed by atoms with Crippen LogP contribution in [0.2, 0.25) is 0 Å². The molecule has 0 aliphatic carbocycles. The van der Waals surface area contributed by atoms with Crippen molar-refractivity contribution in [3.63, 3.8) is 0 Å². The van der Waals surface area contributed by atoms with Gasteiger partial charge < -0.3 is 20.2 Å². The molecule has 0 bridgehead atoms. The van der Waals surface area contributed by atoms with Crippen molar-refractivity contribution in [2.24, 2.45) is 0 Å². The molecule has 178 valence electrons. The maximum atomic E-state index is 12.8. The highest BCUT2D eigenvalue weighted by molar-refractivity contribution is 6.03. The number of benzene rings is 1. The summed E-state index contributed by atoms with van der Waals surface area (Å²) < 4.78 is 40.0. The van der Waals surface area contributed by atoms with E-state index in [1.165, 1.54) is 21.7 Å². The molecule has 2 aromatic heterocycles. The lowest BCUT2D eigenvalue weighted by Gasteiger charge is -2.33. The molecule has 0 radical (unpaired) electrons. The summed E-state index contributed by atoms with van der Waals surface area (Å²) >= 11 is 0. The maximum Gasteiger partial charge on any atom is 0.433 e. The molecule has 2 N–H and O–H groups in total. The molecule has 0 saturated carbocycles. The highest BCUT2D eigenvalue weighted by Gasteiger charge is 2.33. The molecule has 13 heteroatoms. The Morgan fingerprint density at radius 2 is 1.74 bits per heavy atom. The first kappa shape index (κ1) is 23.0. The number of nitrogens with zero attached hydrogens (tertiary/aromatic N) is 5.